The van der Waals surface area contributed by atoms with Crippen LogP contribution in [0, 0.1) is 13.8 Å². The Morgan fingerprint density at radius 2 is 2.06 bits per heavy atom. The normalized spacial score (nSPS) is 13.7. The smallest absolute Gasteiger partial charge is 0.323 e. The summed E-state index contributed by atoms with van der Waals surface area (Å²) in [5.41, 5.74) is 3.48. The van der Waals surface area contributed by atoms with Gasteiger partial charge in [-0.3, -0.25) is 5.32 Å². The first-order valence-corrected chi connectivity index (χ1v) is 11.1. The number of carbonyl (C=O) groups excluding carboxylic acids is 1. The van der Waals surface area contributed by atoms with Crippen molar-refractivity contribution in [1.29, 1.82) is 0 Å². The maximum absolute atomic E-state index is 12.4. The van der Waals surface area contributed by atoms with Crippen molar-refractivity contribution >= 4 is 29.3 Å². The van der Waals surface area contributed by atoms with Gasteiger partial charge in [0.15, 0.2) is 5.82 Å². The average Bonchev–Trinajstić information content (AvgIpc) is 3.10. The lowest BCUT2D eigenvalue weighted by Crippen LogP contribution is -2.39. The highest BCUT2D eigenvalue weighted by Crippen LogP contribution is 2.24. The number of aryl methyl sites for hydroxylation is 2. The van der Waals surface area contributed by atoms with Gasteiger partial charge in [0.25, 0.3) is 0 Å². The number of carbonyl (C=O) groups is 1. The maximum atomic E-state index is 12.4. The Kier molecular flexibility index (Phi) is 6.57. The third-order valence-corrected chi connectivity index (χ3v) is 6.14. The van der Waals surface area contributed by atoms with Gasteiger partial charge < -0.3 is 9.64 Å². The topological polar surface area (TPSA) is 80.2 Å². The number of benzene rings is 1. The Hall–Kier alpha value is -3.26. The van der Waals surface area contributed by atoms with Crippen molar-refractivity contribution in [1.82, 2.24) is 20.1 Å². The van der Waals surface area contributed by atoms with E-state index in [0.29, 0.717) is 25.5 Å². The Morgan fingerprint density at radius 1 is 1.23 bits per heavy atom. The van der Waals surface area contributed by atoms with Crippen LogP contribution < -0.4 is 10.1 Å². The highest BCUT2D eigenvalue weighted by Gasteiger charge is 2.19. The molecule has 0 spiro atoms. The SMILES string of the molecule is Cc1nc(C)c(COc2cccc(C=C3CCN(C(=O)Nc4cccnn4)CC3)c2)s1. The van der Waals surface area contributed by atoms with Crippen molar-refractivity contribution in [3.8, 4) is 5.75 Å². The largest absolute Gasteiger partial charge is 0.488 e. The van der Waals surface area contributed by atoms with E-state index in [1.165, 1.54) is 5.57 Å². The highest BCUT2D eigenvalue weighted by atomic mass is 32.1. The molecule has 3 heterocycles. The molecule has 2 amide bonds. The third kappa shape index (κ3) is 5.67. The van der Waals surface area contributed by atoms with Crippen LogP contribution in [0.2, 0.25) is 0 Å². The van der Waals surface area contributed by atoms with E-state index in [9.17, 15) is 4.79 Å². The summed E-state index contributed by atoms with van der Waals surface area (Å²) in [4.78, 5) is 19.8. The number of hydrogen-bond acceptors (Lipinski definition) is 6. The van der Waals surface area contributed by atoms with E-state index in [1.54, 1.807) is 29.7 Å². The van der Waals surface area contributed by atoms with Crippen molar-refractivity contribution in [3.63, 3.8) is 0 Å². The summed E-state index contributed by atoms with van der Waals surface area (Å²) in [5.74, 6) is 1.31. The minimum Gasteiger partial charge on any atom is -0.488 e. The Balaban J connectivity index is 1.32. The van der Waals surface area contributed by atoms with Crippen molar-refractivity contribution < 1.29 is 9.53 Å². The van der Waals surface area contributed by atoms with Gasteiger partial charge in [0, 0.05) is 19.3 Å². The number of anilines is 1. The number of amides is 2. The second-order valence-electron chi connectivity index (χ2n) is 7.43. The molecule has 0 atom stereocenters. The number of thiazole rings is 1. The molecule has 0 radical (unpaired) electrons. The summed E-state index contributed by atoms with van der Waals surface area (Å²) in [6.07, 6.45) is 5.47. The summed E-state index contributed by atoms with van der Waals surface area (Å²) in [5, 5.41) is 11.5. The fraction of sp³-hybridized carbons (Fsp3) is 0.304. The monoisotopic (exact) mass is 435 g/mol. The molecular weight excluding hydrogens is 410 g/mol. The van der Waals surface area contributed by atoms with E-state index < -0.39 is 0 Å². The molecule has 1 N–H and O–H groups in total. The zero-order valence-electron chi connectivity index (χ0n) is 17.7. The summed E-state index contributed by atoms with van der Waals surface area (Å²) in [7, 11) is 0. The third-order valence-electron chi connectivity index (χ3n) is 5.10. The standard InChI is InChI=1S/C23H25N5O2S/c1-16-21(31-17(2)25-16)15-30-20-6-3-5-19(14-20)13-18-8-11-28(12-9-18)23(29)26-22-7-4-10-24-27-22/h3-7,10,13-14H,8-9,11-12,15H2,1-2H3,(H,26,27,29). The van der Waals surface area contributed by atoms with Crippen LogP contribution >= 0.6 is 11.3 Å². The molecule has 1 aliphatic heterocycles. The highest BCUT2D eigenvalue weighted by molar-refractivity contribution is 7.11. The fourth-order valence-electron chi connectivity index (χ4n) is 3.48. The predicted octanol–water partition coefficient (Wildman–Crippen LogP) is 4.84. The molecule has 3 aromatic rings. The lowest BCUT2D eigenvalue weighted by molar-refractivity contribution is 0.207. The Labute approximate surface area is 185 Å². The van der Waals surface area contributed by atoms with E-state index in [-0.39, 0.29) is 6.03 Å². The minimum atomic E-state index is -0.136. The van der Waals surface area contributed by atoms with Crippen LogP contribution in [0.1, 0.15) is 34.0 Å². The first kappa shape index (κ1) is 21.0. The van der Waals surface area contributed by atoms with Gasteiger partial charge in [0.1, 0.15) is 12.4 Å². The summed E-state index contributed by atoms with van der Waals surface area (Å²) < 4.78 is 5.99. The van der Waals surface area contributed by atoms with E-state index in [4.69, 9.17) is 4.74 Å². The van der Waals surface area contributed by atoms with Gasteiger partial charge in [-0.25, -0.2) is 9.78 Å². The molecular formula is C23H25N5O2S. The molecule has 0 bridgehead atoms. The lowest BCUT2D eigenvalue weighted by atomic mass is 10.0. The molecule has 8 heteroatoms. The van der Waals surface area contributed by atoms with Crippen LogP contribution in [0.3, 0.4) is 0 Å². The molecule has 7 nitrogen and oxygen atoms in total. The molecule has 0 aliphatic carbocycles. The molecule has 1 saturated heterocycles. The molecule has 0 unspecified atom stereocenters. The number of urea groups is 1. The zero-order valence-corrected chi connectivity index (χ0v) is 18.5. The first-order chi connectivity index (χ1) is 15.1. The van der Waals surface area contributed by atoms with Gasteiger partial charge in [0.2, 0.25) is 0 Å². The van der Waals surface area contributed by atoms with E-state index in [1.807, 2.05) is 30.9 Å². The summed E-state index contributed by atoms with van der Waals surface area (Å²) in [6.45, 7) is 5.92. The van der Waals surface area contributed by atoms with Gasteiger partial charge in [0.05, 0.1) is 15.6 Å². The van der Waals surface area contributed by atoms with E-state index in [0.717, 1.165) is 39.7 Å². The second kappa shape index (κ2) is 9.70. The maximum Gasteiger partial charge on any atom is 0.323 e. The van der Waals surface area contributed by atoms with Crippen LogP contribution in [-0.2, 0) is 6.61 Å². The van der Waals surface area contributed by atoms with E-state index >= 15 is 0 Å². The van der Waals surface area contributed by atoms with Crippen LogP contribution in [0.5, 0.6) is 5.75 Å². The molecule has 1 aromatic carbocycles. The van der Waals surface area contributed by atoms with Crippen molar-refractivity contribution in [2.24, 2.45) is 0 Å². The Bertz CT molecular complexity index is 1070. The molecule has 31 heavy (non-hydrogen) atoms. The number of aromatic nitrogens is 3. The van der Waals surface area contributed by atoms with Gasteiger partial charge in [-0.15, -0.1) is 16.4 Å². The molecule has 1 aliphatic rings. The molecule has 4 rings (SSSR count). The number of nitrogens with zero attached hydrogens (tertiary/aromatic N) is 4. The zero-order chi connectivity index (χ0) is 21.6. The van der Waals surface area contributed by atoms with Crippen LogP contribution in [-0.4, -0.2) is 39.2 Å². The number of rotatable bonds is 5. The number of piperidine rings is 1. The predicted molar refractivity (Wildman–Crippen MR) is 122 cm³/mol. The summed E-state index contributed by atoms with van der Waals surface area (Å²) in [6, 6.07) is 11.5. The fourth-order valence-corrected chi connectivity index (χ4v) is 4.33. The van der Waals surface area contributed by atoms with Gasteiger partial charge in [-0.05, 0) is 56.5 Å². The van der Waals surface area contributed by atoms with E-state index in [2.05, 4.69) is 38.7 Å². The number of nitrogens with one attached hydrogen (secondary N) is 1. The van der Waals surface area contributed by atoms with Crippen molar-refractivity contribution in [3.05, 3.63) is 69.3 Å². The Morgan fingerprint density at radius 3 is 2.77 bits per heavy atom. The average molecular weight is 436 g/mol. The minimum absolute atomic E-state index is 0.136. The number of ether oxygens (including phenoxy) is 1. The number of likely N-dealkylation sites (tertiary alicyclic amines) is 1. The molecule has 0 saturated carbocycles. The molecule has 1 fully saturated rings. The van der Waals surface area contributed by atoms with Crippen molar-refractivity contribution in [2.45, 2.75) is 33.3 Å². The van der Waals surface area contributed by atoms with Gasteiger partial charge in [-0.2, -0.15) is 5.10 Å². The van der Waals surface area contributed by atoms with Crippen LogP contribution in [0.4, 0.5) is 10.6 Å². The van der Waals surface area contributed by atoms with Crippen LogP contribution in [0.25, 0.3) is 6.08 Å². The first-order valence-electron chi connectivity index (χ1n) is 10.3. The molecule has 2 aromatic heterocycles. The summed E-state index contributed by atoms with van der Waals surface area (Å²) >= 11 is 1.68. The number of hydrogen-bond donors (Lipinski definition) is 1. The lowest BCUT2D eigenvalue weighted by Gasteiger charge is -2.28. The van der Waals surface area contributed by atoms with Crippen LogP contribution in [0.15, 0.2) is 48.2 Å². The van der Waals surface area contributed by atoms with Crippen molar-refractivity contribution in [2.75, 3.05) is 18.4 Å². The molecule has 160 valence electrons. The van der Waals surface area contributed by atoms with Gasteiger partial charge >= 0.3 is 6.03 Å². The second-order valence-corrected chi connectivity index (χ2v) is 8.72. The van der Waals surface area contributed by atoms with Gasteiger partial charge in [-0.1, -0.05) is 23.8 Å². The quantitative estimate of drug-likeness (QED) is 0.620.